The van der Waals surface area contributed by atoms with Crippen molar-refractivity contribution in [2.45, 2.75) is 39.5 Å². The number of pyridine rings is 1. The van der Waals surface area contributed by atoms with E-state index in [9.17, 15) is 9.59 Å². The fourth-order valence-corrected chi connectivity index (χ4v) is 3.35. The number of carbonyl (C=O) groups is 1. The zero-order valence-corrected chi connectivity index (χ0v) is 14.8. The lowest BCUT2D eigenvalue weighted by Crippen LogP contribution is -2.41. The first kappa shape index (κ1) is 17.3. The molecule has 1 amide bonds. The molecule has 1 saturated heterocycles. The summed E-state index contributed by atoms with van der Waals surface area (Å²) in [5.74, 6) is 1.07. The zero-order chi connectivity index (χ0) is 17.8. The molecule has 3 rings (SSSR count). The molecule has 0 radical (unpaired) electrons. The van der Waals surface area contributed by atoms with Crippen LogP contribution in [0.2, 0.25) is 0 Å². The molecule has 6 nitrogen and oxygen atoms in total. The summed E-state index contributed by atoms with van der Waals surface area (Å²) >= 11 is 0. The number of hydrogen-bond donors (Lipinski definition) is 1. The number of nitrogens with one attached hydrogen (secondary N) is 1. The highest BCUT2D eigenvalue weighted by Crippen LogP contribution is 2.20. The first-order valence-electron chi connectivity index (χ1n) is 8.86. The second-order valence-corrected chi connectivity index (χ2v) is 6.65. The van der Waals surface area contributed by atoms with Crippen molar-refractivity contribution in [2.24, 2.45) is 5.92 Å². The lowest BCUT2D eigenvalue weighted by atomic mass is 9.95. The van der Waals surface area contributed by atoms with Crippen LogP contribution < -0.4 is 5.56 Å². The van der Waals surface area contributed by atoms with E-state index in [-0.39, 0.29) is 17.9 Å². The summed E-state index contributed by atoms with van der Waals surface area (Å²) < 4.78 is 0. The van der Waals surface area contributed by atoms with Gasteiger partial charge in [0.05, 0.1) is 6.42 Å². The van der Waals surface area contributed by atoms with Crippen molar-refractivity contribution in [1.82, 2.24) is 19.9 Å². The van der Waals surface area contributed by atoms with Crippen LogP contribution >= 0.6 is 0 Å². The molecule has 132 valence electrons. The minimum absolute atomic E-state index is 0.0164. The van der Waals surface area contributed by atoms with Crippen LogP contribution in [0.4, 0.5) is 0 Å². The fourth-order valence-electron chi connectivity index (χ4n) is 3.35. The van der Waals surface area contributed by atoms with Gasteiger partial charge in [-0.3, -0.25) is 14.6 Å². The summed E-state index contributed by atoms with van der Waals surface area (Å²) in [6.45, 7) is 5.53. The molecule has 6 heteroatoms. The summed E-state index contributed by atoms with van der Waals surface area (Å²) in [5, 5.41) is 0. The van der Waals surface area contributed by atoms with E-state index in [1.807, 2.05) is 11.0 Å². The van der Waals surface area contributed by atoms with Crippen LogP contribution in [0.25, 0.3) is 11.4 Å². The zero-order valence-electron chi connectivity index (χ0n) is 14.8. The molecule has 0 aromatic carbocycles. The van der Waals surface area contributed by atoms with Crippen LogP contribution in [0.3, 0.4) is 0 Å². The Morgan fingerprint density at radius 1 is 1.44 bits per heavy atom. The molecule has 1 aliphatic heterocycles. The van der Waals surface area contributed by atoms with E-state index in [0.29, 0.717) is 23.0 Å². The average Bonchev–Trinajstić information content (AvgIpc) is 2.65. The molecule has 1 atom stereocenters. The Morgan fingerprint density at radius 3 is 2.96 bits per heavy atom. The molecule has 1 aliphatic rings. The Labute approximate surface area is 147 Å². The van der Waals surface area contributed by atoms with Gasteiger partial charge in [0.2, 0.25) is 5.91 Å². The SMILES string of the molecule is CC[C@H]1CCCN(C(=O)Cc2c(C)nc(-c3cccnc3)[nH]c2=O)C1. The van der Waals surface area contributed by atoms with Crippen LogP contribution in [0.15, 0.2) is 29.3 Å². The Hall–Kier alpha value is -2.50. The molecule has 0 bridgehead atoms. The maximum atomic E-state index is 12.6. The number of piperidine rings is 1. The predicted molar refractivity (Wildman–Crippen MR) is 96.1 cm³/mol. The molecular weight excluding hydrogens is 316 g/mol. The van der Waals surface area contributed by atoms with E-state index >= 15 is 0 Å². The molecule has 2 aromatic heterocycles. The van der Waals surface area contributed by atoms with Crippen LogP contribution in [-0.2, 0) is 11.2 Å². The minimum atomic E-state index is -0.247. The largest absolute Gasteiger partial charge is 0.342 e. The van der Waals surface area contributed by atoms with Crippen molar-refractivity contribution in [1.29, 1.82) is 0 Å². The van der Waals surface area contributed by atoms with Gasteiger partial charge in [0.15, 0.2) is 0 Å². The minimum Gasteiger partial charge on any atom is -0.342 e. The third kappa shape index (κ3) is 3.95. The Balaban J connectivity index is 1.79. The van der Waals surface area contributed by atoms with Gasteiger partial charge in [-0.05, 0) is 37.8 Å². The van der Waals surface area contributed by atoms with Gasteiger partial charge in [-0.15, -0.1) is 0 Å². The highest BCUT2D eigenvalue weighted by Gasteiger charge is 2.24. The summed E-state index contributed by atoms with van der Waals surface area (Å²) in [6, 6.07) is 3.64. The summed E-state index contributed by atoms with van der Waals surface area (Å²) in [5.41, 5.74) is 1.56. The number of amides is 1. The second-order valence-electron chi connectivity index (χ2n) is 6.65. The number of nitrogens with zero attached hydrogens (tertiary/aromatic N) is 3. The Morgan fingerprint density at radius 2 is 2.28 bits per heavy atom. The number of aryl methyl sites for hydroxylation is 1. The number of likely N-dealkylation sites (tertiary alicyclic amines) is 1. The third-order valence-corrected chi connectivity index (χ3v) is 4.93. The Kier molecular flexibility index (Phi) is 5.26. The van der Waals surface area contributed by atoms with Crippen molar-refractivity contribution in [3.63, 3.8) is 0 Å². The fraction of sp³-hybridized carbons (Fsp3) is 0.474. The molecular formula is C19H24N4O2. The Bertz CT molecular complexity index is 801. The smallest absolute Gasteiger partial charge is 0.255 e. The molecule has 25 heavy (non-hydrogen) atoms. The number of H-pyrrole nitrogens is 1. The maximum Gasteiger partial charge on any atom is 0.255 e. The molecule has 1 fully saturated rings. The first-order valence-corrected chi connectivity index (χ1v) is 8.86. The van der Waals surface area contributed by atoms with E-state index in [1.165, 1.54) is 6.42 Å². The van der Waals surface area contributed by atoms with Crippen molar-refractivity contribution < 1.29 is 4.79 Å². The van der Waals surface area contributed by atoms with Crippen LogP contribution in [-0.4, -0.2) is 38.8 Å². The van der Waals surface area contributed by atoms with Crippen LogP contribution in [0, 0.1) is 12.8 Å². The first-order chi connectivity index (χ1) is 12.1. The molecule has 1 N–H and O–H groups in total. The van der Waals surface area contributed by atoms with E-state index in [0.717, 1.165) is 31.5 Å². The van der Waals surface area contributed by atoms with Gasteiger partial charge in [-0.25, -0.2) is 4.98 Å². The summed E-state index contributed by atoms with van der Waals surface area (Å²) in [6.07, 6.45) is 6.74. The summed E-state index contributed by atoms with van der Waals surface area (Å²) in [4.78, 5) is 38.3. The second kappa shape index (κ2) is 7.59. The van der Waals surface area contributed by atoms with Crippen LogP contribution in [0.1, 0.15) is 37.4 Å². The lowest BCUT2D eigenvalue weighted by molar-refractivity contribution is -0.132. The lowest BCUT2D eigenvalue weighted by Gasteiger charge is -2.32. The van der Waals surface area contributed by atoms with E-state index in [4.69, 9.17) is 0 Å². The van der Waals surface area contributed by atoms with Crippen molar-refractivity contribution in [2.75, 3.05) is 13.1 Å². The van der Waals surface area contributed by atoms with Crippen LogP contribution in [0.5, 0.6) is 0 Å². The number of hydrogen-bond acceptors (Lipinski definition) is 4. The van der Waals surface area contributed by atoms with Gasteiger partial charge in [0, 0.05) is 42.3 Å². The highest BCUT2D eigenvalue weighted by molar-refractivity contribution is 5.79. The maximum absolute atomic E-state index is 12.6. The summed E-state index contributed by atoms with van der Waals surface area (Å²) in [7, 11) is 0. The highest BCUT2D eigenvalue weighted by atomic mass is 16.2. The number of aromatic nitrogens is 3. The molecule has 0 aliphatic carbocycles. The standard InChI is InChI=1S/C19H24N4O2/c1-3-14-6-5-9-23(12-14)17(24)10-16-13(2)21-18(22-19(16)25)15-7-4-8-20-11-15/h4,7-8,11,14H,3,5-6,9-10,12H2,1-2H3,(H,21,22,25)/t14-/m0/s1. The van der Waals surface area contributed by atoms with Gasteiger partial charge in [0.25, 0.3) is 5.56 Å². The van der Waals surface area contributed by atoms with E-state index in [2.05, 4.69) is 21.9 Å². The van der Waals surface area contributed by atoms with Gasteiger partial charge in [0.1, 0.15) is 5.82 Å². The van der Waals surface area contributed by atoms with Crippen molar-refractivity contribution in [3.8, 4) is 11.4 Å². The van der Waals surface area contributed by atoms with Gasteiger partial charge in [-0.1, -0.05) is 13.3 Å². The van der Waals surface area contributed by atoms with Gasteiger partial charge in [-0.2, -0.15) is 0 Å². The molecule has 2 aromatic rings. The normalized spacial score (nSPS) is 17.5. The monoisotopic (exact) mass is 340 g/mol. The predicted octanol–water partition coefficient (Wildman–Crippen LogP) is 2.33. The molecule has 0 unspecified atom stereocenters. The molecule has 0 saturated carbocycles. The third-order valence-electron chi connectivity index (χ3n) is 4.93. The van der Waals surface area contributed by atoms with Gasteiger partial charge < -0.3 is 9.88 Å². The van der Waals surface area contributed by atoms with E-state index in [1.54, 1.807) is 25.4 Å². The van der Waals surface area contributed by atoms with Crippen molar-refractivity contribution in [3.05, 3.63) is 46.1 Å². The number of aromatic amines is 1. The van der Waals surface area contributed by atoms with Gasteiger partial charge >= 0.3 is 0 Å². The average molecular weight is 340 g/mol. The molecule has 3 heterocycles. The number of carbonyl (C=O) groups excluding carboxylic acids is 1. The number of rotatable bonds is 4. The topological polar surface area (TPSA) is 79.0 Å². The van der Waals surface area contributed by atoms with E-state index < -0.39 is 0 Å². The molecule has 0 spiro atoms. The van der Waals surface area contributed by atoms with Crippen molar-refractivity contribution >= 4 is 5.91 Å². The quantitative estimate of drug-likeness (QED) is 0.926.